The summed E-state index contributed by atoms with van der Waals surface area (Å²) >= 11 is 0. The molecule has 4 heteroatoms. The van der Waals surface area contributed by atoms with E-state index in [9.17, 15) is 4.79 Å². The summed E-state index contributed by atoms with van der Waals surface area (Å²) < 4.78 is 5.39. The van der Waals surface area contributed by atoms with Crippen molar-refractivity contribution in [3.05, 3.63) is 29.8 Å². The normalized spacial score (nSPS) is 22.4. The third kappa shape index (κ3) is 4.01. The lowest BCUT2D eigenvalue weighted by atomic mass is 9.98. The largest absolute Gasteiger partial charge is 0.496 e. The van der Waals surface area contributed by atoms with E-state index in [1.165, 1.54) is 0 Å². The van der Waals surface area contributed by atoms with Gasteiger partial charge in [-0.15, -0.1) is 0 Å². The van der Waals surface area contributed by atoms with Crippen LogP contribution >= 0.6 is 0 Å². The second kappa shape index (κ2) is 7.63. The first-order valence-corrected chi connectivity index (χ1v) is 8.16. The summed E-state index contributed by atoms with van der Waals surface area (Å²) in [7, 11) is 3.57. The topological polar surface area (TPSA) is 55.6 Å². The monoisotopic (exact) mass is 304 g/mol. The van der Waals surface area contributed by atoms with E-state index in [1.807, 2.05) is 30.1 Å². The Balaban J connectivity index is 1.93. The molecule has 22 heavy (non-hydrogen) atoms. The maximum absolute atomic E-state index is 12.5. The molecule has 2 rings (SSSR count). The number of carbonyl (C=O) groups is 1. The van der Waals surface area contributed by atoms with Crippen molar-refractivity contribution < 1.29 is 9.53 Å². The van der Waals surface area contributed by atoms with Crippen LogP contribution in [0.25, 0.3) is 0 Å². The number of likely N-dealkylation sites (N-methyl/N-ethyl adjacent to an activating group) is 1. The van der Waals surface area contributed by atoms with Crippen LogP contribution < -0.4 is 10.5 Å². The first kappa shape index (κ1) is 16.8. The Bertz CT molecular complexity index is 504. The molecule has 3 atom stereocenters. The molecule has 0 aromatic heterocycles. The zero-order valence-corrected chi connectivity index (χ0v) is 13.9. The summed E-state index contributed by atoms with van der Waals surface area (Å²) in [5.74, 6) is 1.44. The number of para-hydroxylation sites is 1. The van der Waals surface area contributed by atoms with Crippen molar-refractivity contribution in [2.75, 3.05) is 14.2 Å². The third-order valence-electron chi connectivity index (χ3n) is 4.92. The smallest absolute Gasteiger partial charge is 0.222 e. The Morgan fingerprint density at radius 1 is 1.41 bits per heavy atom. The summed E-state index contributed by atoms with van der Waals surface area (Å²) in [6, 6.07) is 8.32. The van der Waals surface area contributed by atoms with Gasteiger partial charge < -0.3 is 15.4 Å². The lowest BCUT2D eigenvalue weighted by molar-refractivity contribution is -0.132. The van der Waals surface area contributed by atoms with Crippen LogP contribution in [-0.4, -0.2) is 37.0 Å². The summed E-state index contributed by atoms with van der Waals surface area (Å²) in [6.07, 6.45) is 4.66. The Labute approximate surface area is 133 Å². The maximum Gasteiger partial charge on any atom is 0.222 e. The number of nitrogens with two attached hydrogens (primary N) is 1. The number of amides is 1. The number of carbonyl (C=O) groups excluding carboxylic acids is 1. The second-order valence-corrected chi connectivity index (χ2v) is 6.43. The summed E-state index contributed by atoms with van der Waals surface area (Å²) in [5, 5.41) is 0. The van der Waals surface area contributed by atoms with Crippen LogP contribution in [0.1, 0.15) is 38.2 Å². The van der Waals surface area contributed by atoms with E-state index >= 15 is 0 Å². The van der Waals surface area contributed by atoms with Gasteiger partial charge in [0.1, 0.15) is 5.75 Å². The minimum atomic E-state index is 0.140. The molecule has 0 heterocycles. The number of hydrogen-bond acceptors (Lipinski definition) is 3. The molecule has 0 aliphatic heterocycles. The van der Waals surface area contributed by atoms with Crippen molar-refractivity contribution in [2.24, 2.45) is 11.7 Å². The van der Waals surface area contributed by atoms with Crippen LogP contribution in [0.5, 0.6) is 5.75 Å². The number of benzene rings is 1. The van der Waals surface area contributed by atoms with Gasteiger partial charge in [-0.25, -0.2) is 0 Å². The molecule has 0 radical (unpaired) electrons. The van der Waals surface area contributed by atoms with E-state index in [-0.39, 0.29) is 18.0 Å². The predicted molar refractivity (Wildman–Crippen MR) is 88.9 cm³/mol. The van der Waals surface area contributed by atoms with E-state index in [0.717, 1.165) is 37.0 Å². The molecular formula is C18H28N2O2. The molecule has 0 spiro atoms. The van der Waals surface area contributed by atoms with E-state index < -0.39 is 0 Å². The first-order valence-electron chi connectivity index (χ1n) is 8.16. The fraction of sp³-hybridized carbons (Fsp3) is 0.611. The number of hydrogen-bond donors (Lipinski definition) is 1. The molecule has 4 nitrogen and oxygen atoms in total. The predicted octanol–water partition coefficient (Wildman–Crippen LogP) is 2.60. The van der Waals surface area contributed by atoms with Crippen LogP contribution in [0, 0.1) is 5.92 Å². The van der Waals surface area contributed by atoms with Crippen LogP contribution in [0.3, 0.4) is 0 Å². The fourth-order valence-electron chi connectivity index (χ4n) is 3.26. The molecule has 1 aromatic carbocycles. The van der Waals surface area contributed by atoms with Gasteiger partial charge in [0.15, 0.2) is 0 Å². The van der Waals surface area contributed by atoms with Gasteiger partial charge in [0.2, 0.25) is 5.91 Å². The van der Waals surface area contributed by atoms with E-state index in [1.54, 1.807) is 7.11 Å². The molecule has 1 fully saturated rings. The molecule has 1 aliphatic rings. The number of rotatable bonds is 6. The van der Waals surface area contributed by atoms with Crippen molar-refractivity contribution in [2.45, 2.75) is 51.1 Å². The summed E-state index contributed by atoms with van der Waals surface area (Å²) in [4.78, 5) is 14.3. The van der Waals surface area contributed by atoms with Gasteiger partial charge in [-0.1, -0.05) is 24.6 Å². The van der Waals surface area contributed by atoms with E-state index in [4.69, 9.17) is 10.5 Å². The molecule has 2 N–H and O–H groups in total. The van der Waals surface area contributed by atoms with Crippen molar-refractivity contribution in [3.63, 3.8) is 0 Å². The highest BCUT2D eigenvalue weighted by molar-refractivity contribution is 5.76. The molecule has 0 bridgehead atoms. The highest BCUT2D eigenvalue weighted by atomic mass is 16.5. The first-order chi connectivity index (χ1) is 10.5. The van der Waals surface area contributed by atoms with Gasteiger partial charge in [-0.2, -0.15) is 0 Å². The zero-order valence-electron chi connectivity index (χ0n) is 13.9. The van der Waals surface area contributed by atoms with E-state index in [2.05, 4.69) is 13.0 Å². The van der Waals surface area contributed by atoms with Crippen LogP contribution in [0.4, 0.5) is 0 Å². The van der Waals surface area contributed by atoms with E-state index in [0.29, 0.717) is 12.3 Å². The summed E-state index contributed by atoms with van der Waals surface area (Å²) in [5.41, 5.74) is 7.21. The third-order valence-corrected chi connectivity index (χ3v) is 4.92. The SMILES string of the molecule is COc1ccccc1CC(C)N(C)C(=O)C[C@@H]1CCC[C@H]1N. The molecule has 1 aromatic rings. The molecule has 1 saturated carbocycles. The van der Waals surface area contributed by atoms with Gasteiger partial charge in [-0.3, -0.25) is 4.79 Å². The summed E-state index contributed by atoms with van der Waals surface area (Å²) in [6.45, 7) is 2.08. The highest BCUT2D eigenvalue weighted by Gasteiger charge is 2.28. The standard InChI is InChI=1S/C18H28N2O2/c1-13(11-15-7-4-5-10-17(15)22-3)20(2)18(21)12-14-8-6-9-16(14)19/h4-5,7,10,13-14,16H,6,8-9,11-12,19H2,1-3H3/t13?,14-,16+/m0/s1. The Morgan fingerprint density at radius 2 is 2.14 bits per heavy atom. The van der Waals surface area contributed by atoms with Crippen molar-refractivity contribution in [1.29, 1.82) is 0 Å². The Kier molecular flexibility index (Phi) is 5.83. The van der Waals surface area contributed by atoms with Gasteiger partial charge in [0.05, 0.1) is 7.11 Å². The van der Waals surface area contributed by atoms with Gasteiger partial charge in [-0.05, 0) is 43.7 Å². The lowest BCUT2D eigenvalue weighted by Gasteiger charge is -2.27. The average Bonchev–Trinajstić information content (AvgIpc) is 2.92. The number of ether oxygens (including phenoxy) is 1. The quantitative estimate of drug-likeness (QED) is 0.879. The number of nitrogens with zero attached hydrogens (tertiary/aromatic N) is 1. The Morgan fingerprint density at radius 3 is 2.77 bits per heavy atom. The second-order valence-electron chi connectivity index (χ2n) is 6.43. The molecular weight excluding hydrogens is 276 g/mol. The molecule has 122 valence electrons. The van der Waals surface area contributed by atoms with Gasteiger partial charge in [0.25, 0.3) is 0 Å². The fourth-order valence-corrected chi connectivity index (χ4v) is 3.26. The minimum absolute atomic E-state index is 0.140. The van der Waals surface area contributed by atoms with Crippen molar-refractivity contribution in [1.82, 2.24) is 4.90 Å². The Hall–Kier alpha value is -1.55. The highest BCUT2D eigenvalue weighted by Crippen LogP contribution is 2.28. The number of methoxy groups -OCH3 is 1. The average molecular weight is 304 g/mol. The van der Waals surface area contributed by atoms with Crippen LogP contribution in [0.2, 0.25) is 0 Å². The maximum atomic E-state index is 12.5. The van der Waals surface area contributed by atoms with Gasteiger partial charge >= 0.3 is 0 Å². The lowest BCUT2D eigenvalue weighted by Crippen LogP contribution is -2.39. The molecule has 1 unspecified atom stereocenters. The van der Waals surface area contributed by atoms with Gasteiger partial charge in [0, 0.05) is 25.6 Å². The molecule has 1 amide bonds. The van der Waals surface area contributed by atoms with Crippen LogP contribution in [0.15, 0.2) is 24.3 Å². The zero-order chi connectivity index (χ0) is 16.1. The molecule has 1 aliphatic carbocycles. The van der Waals surface area contributed by atoms with Crippen molar-refractivity contribution in [3.8, 4) is 5.75 Å². The minimum Gasteiger partial charge on any atom is -0.496 e. The van der Waals surface area contributed by atoms with Crippen LogP contribution in [-0.2, 0) is 11.2 Å². The van der Waals surface area contributed by atoms with Crippen molar-refractivity contribution >= 4 is 5.91 Å². The molecule has 0 saturated heterocycles.